The largest absolute Gasteiger partial charge is 0.493 e. The summed E-state index contributed by atoms with van der Waals surface area (Å²) in [5.74, 6) is -0.111. The molecule has 1 atom stereocenters. The van der Waals surface area contributed by atoms with Crippen LogP contribution in [0.3, 0.4) is 0 Å². The van der Waals surface area contributed by atoms with E-state index in [1.54, 1.807) is 6.08 Å². The van der Waals surface area contributed by atoms with Gasteiger partial charge < -0.3 is 19.4 Å². The molecule has 5 nitrogen and oxygen atoms in total. The highest BCUT2D eigenvalue weighted by atomic mass is 16.5. The minimum Gasteiger partial charge on any atom is -0.493 e. The summed E-state index contributed by atoms with van der Waals surface area (Å²) in [6.45, 7) is 0. The van der Waals surface area contributed by atoms with Gasteiger partial charge in [-0.05, 0) is 18.6 Å². The first kappa shape index (κ1) is 12.3. The van der Waals surface area contributed by atoms with Gasteiger partial charge in [0.25, 0.3) is 0 Å². The molecule has 1 aliphatic rings. The molecule has 0 aromatic rings. The first-order valence-corrected chi connectivity index (χ1v) is 4.76. The quantitative estimate of drug-likeness (QED) is 0.711. The van der Waals surface area contributed by atoms with Gasteiger partial charge in [0.05, 0.1) is 26.1 Å². The SMILES string of the molecule is COC1=CCC(C=O)(CC(=O)O)C=C1OC. The summed E-state index contributed by atoms with van der Waals surface area (Å²) in [7, 11) is 2.93. The van der Waals surface area contributed by atoms with Crippen molar-refractivity contribution in [3.8, 4) is 0 Å². The maximum Gasteiger partial charge on any atom is 0.304 e. The van der Waals surface area contributed by atoms with Crippen molar-refractivity contribution < 1.29 is 24.2 Å². The van der Waals surface area contributed by atoms with Gasteiger partial charge in [0.1, 0.15) is 6.29 Å². The zero-order valence-electron chi connectivity index (χ0n) is 9.23. The molecule has 1 unspecified atom stereocenters. The molecule has 16 heavy (non-hydrogen) atoms. The van der Waals surface area contributed by atoms with Crippen molar-refractivity contribution >= 4 is 12.3 Å². The molecular weight excluding hydrogens is 212 g/mol. The Balaban J connectivity index is 3.01. The standard InChI is InChI=1S/C11H14O5/c1-15-8-3-4-11(7-12,6-10(13)14)5-9(8)16-2/h3,5,7H,4,6H2,1-2H3,(H,13,14). The van der Waals surface area contributed by atoms with Gasteiger partial charge in [-0.2, -0.15) is 0 Å². The molecule has 5 heteroatoms. The number of carboxylic acids is 1. The maximum atomic E-state index is 11.0. The highest BCUT2D eigenvalue weighted by molar-refractivity contribution is 5.77. The van der Waals surface area contributed by atoms with Crippen LogP contribution in [0.4, 0.5) is 0 Å². The normalized spacial score (nSPS) is 24.1. The third kappa shape index (κ3) is 2.42. The van der Waals surface area contributed by atoms with E-state index >= 15 is 0 Å². The molecule has 1 aliphatic carbocycles. The number of hydrogen-bond acceptors (Lipinski definition) is 4. The molecular formula is C11H14O5. The lowest BCUT2D eigenvalue weighted by Crippen LogP contribution is -2.27. The fourth-order valence-electron chi connectivity index (χ4n) is 1.65. The summed E-state index contributed by atoms with van der Waals surface area (Å²) in [4.78, 5) is 21.7. The Morgan fingerprint density at radius 3 is 2.56 bits per heavy atom. The summed E-state index contributed by atoms with van der Waals surface area (Å²) in [5, 5.41) is 8.76. The van der Waals surface area contributed by atoms with E-state index < -0.39 is 11.4 Å². The van der Waals surface area contributed by atoms with Crippen molar-refractivity contribution in [2.45, 2.75) is 12.8 Å². The summed E-state index contributed by atoms with van der Waals surface area (Å²) in [6.07, 6.45) is 3.86. The smallest absolute Gasteiger partial charge is 0.304 e. The van der Waals surface area contributed by atoms with Gasteiger partial charge >= 0.3 is 5.97 Å². The lowest BCUT2D eigenvalue weighted by atomic mass is 9.79. The van der Waals surface area contributed by atoms with Gasteiger partial charge in [-0.15, -0.1) is 0 Å². The first-order chi connectivity index (χ1) is 7.56. The highest BCUT2D eigenvalue weighted by Crippen LogP contribution is 2.35. The van der Waals surface area contributed by atoms with Crippen LogP contribution < -0.4 is 0 Å². The fourth-order valence-corrected chi connectivity index (χ4v) is 1.65. The second kappa shape index (κ2) is 4.83. The number of hydrogen-bond donors (Lipinski definition) is 1. The van der Waals surface area contributed by atoms with E-state index in [0.717, 1.165) is 0 Å². The summed E-state index contributed by atoms with van der Waals surface area (Å²) >= 11 is 0. The zero-order chi connectivity index (χ0) is 12.2. The van der Waals surface area contributed by atoms with Crippen LogP contribution in [0.15, 0.2) is 23.7 Å². The molecule has 0 fully saturated rings. The first-order valence-electron chi connectivity index (χ1n) is 4.76. The van der Waals surface area contributed by atoms with Crippen LogP contribution in [-0.4, -0.2) is 31.6 Å². The number of rotatable bonds is 5. The number of aldehydes is 1. The van der Waals surface area contributed by atoms with Gasteiger partial charge in [-0.25, -0.2) is 0 Å². The zero-order valence-corrected chi connectivity index (χ0v) is 9.23. The van der Waals surface area contributed by atoms with Crippen LogP contribution in [0.25, 0.3) is 0 Å². The minimum absolute atomic E-state index is 0.253. The molecule has 1 rings (SSSR count). The molecule has 88 valence electrons. The van der Waals surface area contributed by atoms with Crippen LogP contribution in [0, 0.1) is 5.41 Å². The van der Waals surface area contributed by atoms with Crippen molar-refractivity contribution in [3.05, 3.63) is 23.7 Å². The van der Waals surface area contributed by atoms with E-state index in [-0.39, 0.29) is 6.42 Å². The Morgan fingerprint density at radius 2 is 2.12 bits per heavy atom. The minimum atomic E-state index is -1.03. The average Bonchev–Trinajstić information content (AvgIpc) is 2.28. The van der Waals surface area contributed by atoms with Crippen LogP contribution in [-0.2, 0) is 19.1 Å². The van der Waals surface area contributed by atoms with Gasteiger partial charge in [-0.1, -0.05) is 0 Å². The summed E-state index contributed by atoms with van der Waals surface area (Å²) < 4.78 is 10.1. The lowest BCUT2D eigenvalue weighted by molar-refractivity contribution is -0.140. The fraction of sp³-hybridized carbons (Fsp3) is 0.455. The molecule has 0 radical (unpaired) electrons. The van der Waals surface area contributed by atoms with Crippen molar-refractivity contribution in [3.63, 3.8) is 0 Å². The average molecular weight is 226 g/mol. The van der Waals surface area contributed by atoms with Crippen molar-refractivity contribution in [1.29, 1.82) is 0 Å². The molecule has 0 aromatic heterocycles. The predicted molar refractivity (Wildman–Crippen MR) is 55.6 cm³/mol. The van der Waals surface area contributed by atoms with Crippen LogP contribution in [0.2, 0.25) is 0 Å². The van der Waals surface area contributed by atoms with Crippen LogP contribution in [0.5, 0.6) is 0 Å². The predicted octanol–water partition coefficient (Wildman–Crippen LogP) is 1.11. The molecule has 0 amide bonds. The summed E-state index contributed by atoms with van der Waals surface area (Å²) in [6, 6.07) is 0. The van der Waals surface area contributed by atoms with Crippen LogP contribution in [0.1, 0.15) is 12.8 Å². The van der Waals surface area contributed by atoms with Gasteiger partial charge in [-0.3, -0.25) is 4.79 Å². The number of carbonyl (C=O) groups excluding carboxylic acids is 1. The number of ether oxygens (including phenoxy) is 2. The number of carbonyl (C=O) groups is 2. The Kier molecular flexibility index (Phi) is 3.71. The monoisotopic (exact) mass is 226 g/mol. The number of carboxylic acid groups (broad SMARTS) is 1. The third-order valence-electron chi connectivity index (χ3n) is 2.48. The molecule has 0 saturated heterocycles. The molecule has 0 heterocycles. The van der Waals surface area contributed by atoms with E-state index in [2.05, 4.69) is 0 Å². The van der Waals surface area contributed by atoms with Gasteiger partial charge in [0, 0.05) is 0 Å². The Bertz CT molecular complexity index is 355. The van der Waals surface area contributed by atoms with Crippen molar-refractivity contribution in [1.82, 2.24) is 0 Å². The molecule has 0 aliphatic heterocycles. The molecule has 1 N–H and O–H groups in total. The molecule has 0 aromatic carbocycles. The van der Waals surface area contributed by atoms with Crippen LogP contribution >= 0.6 is 0 Å². The van der Waals surface area contributed by atoms with E-state index in [4.69, 9.17) is 14.6 Å². The Labute approximate surface area is 93.3 Å². The molecule has 0 saturated carbocycles. The molecule has 0 spiro atoms. The van der Waals surface area contributed by atoms with Gasteiger partial charge in [0.15, 0.2) is 11.5 Å². The summed E-state index contributed by atoms with van der Waals surface area (Å²) in [5.41, 5.74) is -1.03. The topological polar surface area (TPSA) is 72.8 Å². The van der Waals surface area contributed by atoms with Gasteiger partial charge in [0.2, 0.25) is 0 Å². The van der Waals surface area contributed by atoms with Crippen molar-refractivity contribution in [2.75, 3.05) is 14.2 Å². The van der Waals surface area contributed by atoms with E-state index in [1.165, 1.54) is 20.3 Å². The van der Waals surface area contributed by atoms with Crippen molar-refractivity contribution in [2.24, 2.45) is 5.41 Å². The van der Waals surface area contributed by atoms with E-state index in [9.17, 15) is 9.59 Å². The second-order valence-electron chi connectivity index (χ2n) is 3.61. The maximum absolute atomic E-state index is 11.0. The highest BCUT2D eigenvalue weighted by Gasteiger charge is 2.34. The Morgan fingerprint density at radius 1 is 1.50 bits per heavy atom. The number of allylic oxidation sites excluding steroid dienone is 2. The number of aliphatic carboxylic acids is 1. The second-order valence-corrected chi connectivity index (χ2v) is 3.61. The van der Waals surface area contributed by atoms with E-state index in [1.807, 2.05) is 0 Å². The third-order valence-corrected chi connectivity index (χ3v) is 2.48. The Hall–Kier alpha value is -1.78. The number of methoxy groups -OCH3 is 2. The lowest BCUT2D eigenvalue weighted by Gasteiger charge is -2.26. The van der Waals surface area contributed by atoms with E-state index in [0.29, 0.717) is 24.2 Å². The molecule has 0 bridgehead atoms.